The van der Waals surface area contributed by atoms with Crippen LogP contribution in [0.15, 0.2) is 54.9 Å². The smallest absolute Gasteiger partial charge is 0.232 e. The van der Waals surface area contributed by atoms with Crippen LogP contribution in [-0.4, -0.2) is 40.4 Å². The predicted molar refractivity (Wildman–Crippen MR) is 114 cm³/mol. The second-order valence-electron chi connectivity index (χ2n) is 7.12. The molecule has 0 radical (unpaired) electrons. The Balaban J connectivity index is 1.69. The average molecular weight is 407 g/mol. The lowest BCUT2D eigenvalue weighted by Gasteiger charge is -2.37. The molecule has 1 aliphatic heterocycles. The Hall–Kier alpha value is -3.55. The zero-order valence-electron chi connectivity index (χ0n) is 17.2. The lowest BCUT2D eigenvalue weighted by atomic mass is 9.85. The second kappa shape index (κ2) is 8.44. The molecule has 3 aromatic rings. The summed E-state index contributed by atoms with van der Waals surface area (Å²) < 4.78 is 12.7. The molecule has 2 aromatic carbocycles. The summed E-state index contributed by atoms with van der Waals surface area (Å²) in [6, 6.07) is 14.7. The van der Waals surface area contributed by atoms with Gasteiger partial charge in [0.1, 0.15) is 17.8 Å². The maximum atomic E-state index is 13.4. The van der Waals surface area contributed by atoms with Crippen LogP contribution >= 0.6 is 0 Å². The molecule has 1 aromatic heterocycles. The zero-order chi connectivity index (χ0) is 21.1. The minimum absolute atomic E-state index is 0.125. The minimum atomic E-state index is -0.429. The third-order valence-electron chi connectivity index (χ3n) is 5.27. The highest BCUT2D eigenvalue weighted by atomic mass is 16.5. The van der Waals surface area contributed by atoms with Crippen molar-refractivity contribution >= 4 is 17.5 Å². The van der Waals surface area contributed by atoms with Crippen molar-refractivity contribution in [3.05, 3.63) is 60.4 Å². The van der Waals surface area contributed by atoms with Crippen molar-refractivity contribution in [3.63, 3.8) is 0 Å². The molecule has 30 heavy (non-hydrogen) atoms. The topological polar surface area (TPSA) is 90.3 Å². The largest absolute Gasteiger partial charge is 0.495 e. The molecule has 8 heteroatoms. The van der Waals surface area contributed by atoms with Crippen molar-refractivity contribution in [1.29, 1.82) is 0 Å². The molecule has 156 valence electrons. The van der Waals surface area contributed by atoms with E-state index in [1.165, 1.54) is 6.33 Å². The van der Waals surface area contributed by atoms with Gasteiger partial charge in [0.25, 0.3) is 0 Å². The maximum absolute atomic E-state index is 13.4. The molecule has 0 spiro atoms. The molecule has 3 atom stereocenters. The van der Waals surface area contributed by atoms with Crippen molar-refractivity contribution < 1.29 is 14.3 Å². The molecule has 0 fully saturated rings. The molecular formula is C22H25N5O3. The second-order valence-corrected chi connectivity index (χ2v) is 7.12. The van der Waals surface area contributed by atoms with Crippen LogP contribution in [-0.2, 0) is 4.79 Å². The quantitative estimate of drug-likeness (QED) is 0.651. The number of hydrogen-bond acceptors (Lipinski definition) is 6. The predicted octanol–water partition coefficient (Wildman–Crippen LogP) is 3.34. The molecule has 4 rings (SSSR count). The number of carbonyl (C=O) groups is 1. The number of anilines is 2. The molecule has 1 aliphatic rings. The van der Waals surface area contributed by atoms with E-state index in [0.717, 1.165) is 11.3 Å². The Kier molecular flexibility index (Phi) is 5.56. The van der Waals surface area contributed by atoms with E-state index in [0.29, 0.717) is 24.0 Å². The number of nitrogens with zero attached hydrogens (tertiary/aromatic N) is 3. The first-order chi connectivity index (χ1) is 14.6. The van der Waals surface area contributed by atoms with Crippen molar-refractivity contribution in [2.75, 3.05) is 24.4 Å². The van der Waals surface area contributed by atoms with Crippen LogP contribution in [0.3, 0.4) is 0 Å². The lowest BCUT2D eigenvalue weighted by molar-refractivity contribution is -0.121. The number of aromatic nitrogens is 3. The van der Waals surface area contributed by atoms with E-state index in [1.54, 1.807) is 11.8 Å². The van der Waals surface area contributed by atoms with Gasteiger partial charge < -0.3 is 20.1 Å². The molecule has 0 bridgehead atoms. The van der Waals surface area contributed by atoms with Crippen LogP contribution in [0.25, 0.3) is 0 Å². The molecule has 0 unspecified atom stereocenters. The van der Waals surface area contributed by atoms with Crippen LogP contribution in [0.2, 0.25) is 0 Å². The van der Waals surface area contributed by atoms with Crippen LogP contribution in [0.1, 0.15) is 25.5 Å². The van der Waals surface area contributed by atoms with Gasteiger partial charge in [0.2, 0.25) is 11.9 Å². The monoisotopic (exact) mass is 407 g/mol. The minimum Gasteiger partial charge on any atom is -0.495 e. The first-order valence-corrected chi connectivity index (χ1v) is 9.95. The summed E-state index contributed by atoms with van der Waals surface area (Å²) in [5.41, 5.74) is 1.59. The first-order valence-electron chi connectivity index (χ1n) is 9.95. The van der Waals surface area contributed by atoms with Gasteiger partial charge in [-0.3, -0.25) is 4.79 Å². The summed E-state index contributed by atoms with van der Waals surface area (Å²) in [5.74, 6) is 1.49. The van der Waals surface area contributed by atoms with Gasteiger partial charge in [-0.05, 0) is 43.7 Å². The van der Waals surface area contributed by atoms with Gasteiger partial charge >= 0.3 is 0 Å². The Labute approximate surface area is 175 Å². The normalized spacial score (nSPS) is 20.0. The number of carbonyl (C=O) groups excluding carboxylic acids is 1. The van der Waals surface area contributed by atoms with E-state index >= 15 is 0 Å². The Morgan fingerprint density at radius 3 is 2.70 bits per heavy atom. The van der Waals surface area contributed by atoms with Crippen LogP contribution in [0, 0.1) is 5.92 Å². The van der Waals surface area contributed by atoms with E-state index in [1.807, 2.05) is 62.4 Å². The Morgan fingerprint density at radius 1 is 1.20 bits per heavy atom. The highest BCUT2D eigenvalue weighted by Crippen LogP contribution is 2.37. The summed E-state index contributed by atoms with van der Waals surface area (Å²) >= 11 is 0. The number of amides is 1. The Bertz CT molecular complexity index is 1020. The first kappa shape index (κ1) is 19.8. The van der Waals surface area contributed by atoms with E-state index in [-0.39, 0.29) is 18.0 Å². The van der Waals surface area contributed by atoms with Crippen molar-refractivity contribution in [1.82, 2.24) is 14.8 Å². The van der Waals surface area contributed by atoms with Crippen molar-refractivity contribution in [2.24, 2.45) is 5.92 Å². The summed E-state index contributed by atoms with van der Waals surface area (Å²) in [4.78, 5) is 17.7. The highest BCUT2D eigenvalue weighted by Gasteiger charge is 2.41. The van der Waals surface area contributed by atoms with E-state index in [4.69, 9.17) is 9.47 Å². The molecule has 2 N–H and O–H groups in total. The summed E-state index contributed by atoms with van der Waals surface area (Å²) in [7, 11) is 1.58. The van der Waals surface area contributed by atoms with Gasteiger partial charge in [-0.15, -0.1) is 0 Å². The van der Waals surface area contributed by atoms with E-state index in [2.05, 4.69) is 20.7 Å². The molecule has 8 nitrogen and oxygen atoms in total. The highest BCUT2D eigenvalue weighted by molar-refractivity contribution is 5.95. The number of para-hydroxylation sites is 2. The van der Waals surface area contributed by atoms with Crippen LogP contribution < -0.4 is 20.1 Å². The molecule has 0 saturated heterocycles. The Morgan fingerprint density at radius 2 is 1.97 bits per heavy atom. The van der Waals surface area contributed by atoms with Gasteiger partial charge in [-0.25, -0.2) is 4.68 Å². The number of methoxy groups -OCH3 is 1. The molecule has 0 saturated carbocycles. The fourth-order valence-electron chi connectivity index (χ4n) is 3.89. The lowest BCUT2D eigenvalue weighted by Crippen LogP contribution is -2.46. The summed E-state index contributed by atoms with van der Waals surface area (Å²) in [6.07, 6.45) is 1.50. The molecule has 0 aliphatic carbocycles. The van der Waals surface area contributed by atoms with Crippen molar-refractivity contribution in [3.8, 4) is 11.5 Å². The summed E-state index contributed by atoms with van der Waals surface area (Å²) in [6.45, 7) is 4.52. The molecular weight excluding hydrogens is 382 g/mol. The van der Waals surface area contributed by atoms with Crippen molar-refractivity contribution in [2.45, 2.75) is 25.9 Å². The van der Waals surface area contributed by atoms with E-state index < -0.39 is 5.92 Å². The van der Waals surface area contributed by atoms with Gasteiger partial charge in [0.05, 0.1) is 31.4 Å². The van der Waals surface area contributed by atoms with Crippen LogP contribution in [0.5, 0.6) is 11.5 Å². The fraction of sp³-hybridized carbons (Fsp3) is 0.318. The number of hydrogen-bond donors (Lipinski definition) is 2. The van der Waals surface area contributed by atoms with Crippen LogP contribution in [0.4, 0.5) is 11.6 Å². The van der Waals surface area contributed by atoms with E-state index in [9.17, 15) is 4.79 Å². The number of rotatable bonds is 6. The number of benzene rings is 2. The average Bonchev–Trinajstić information content (AvgIpc) is 3.22. The van der Waals surface area contributed by atoms with Gasteiger partial charge in [-0.2, -0.15) is 10.1 Å². The number of ether oxygens (including phenoxy) is 2. The summed E-state index contributed by atoms with van der Waals surface area (Å²) in [5, 5.41) is 10.7. The third kappa shape index (κ3) is 3.68. The van der Waals surface area contributed by atoms with Gasteiger partial charge in [0, 0.05) is 6.04 Å². The standard InChI is InChI=1S/C22H25N5O3/c1-4-30-16-11-9-15(10-12-16)20-19(14(2)25-22-23-13-24-27(20)22)21(28)26-17-7-5-6-8-18(17)29-3/h5-14,19-20H,4H2,1-3H3,(H,26,28)(H,23,24,25)/t14-,19-,20-/m0/s1. The third-order valence-corrected chi connectivity index (χ3v) is 5.27. The van der Waals surface area contributed by atoms with Gasteiger partial charge in [0.15, 0.2) is 0 Å². The number of nitrogens with one attached hydrogen (secondary N) is 2. The van der Waals surface area contributed by atoms with Gasteiger partial charge in [-0.1, -0.05) is 24.3 Å². The maximum Gasteiger partial charge on any atom is 0.232 e. The molecule has 1 amide bonds. The SMILES string of the molecule is CCOc1ccc([C@H]2[C@@H](C(=O)Nc3ccccc3OC)[C@H](C)Nc3ncnn32)cc1. The zero-order valence-corrected chi connectivity index (χ0v) is 17.2. The number of fused-ring (bicyclic) bond motifs is 1. The molecule has 2 heterocycles. The fourth-order valence-corrected chi connectivity index (χ4v) is 3.89.